The smallest absolute Gasteiger partial charge is 0.0725 e. The number of rotatable bonds is 4. The van der Waals surface area contributed by atoms with Gasteiger partial charge in [-0.05, 0) is 129 Å². The number of pyridine rings is 1. The second kappa shape index (κ2) is 13.1. The molecule has 2 aliphatic carbocycles. The molecular formula is C60H37N. The summed E-state index contributed by atoms with van der Waals surface area (Å²) in [7, 11) is 0. The Morgan fingerprint density at radius 2 is 0.721 bits per heavy atom. The average molecular weight is 772 g/mol. The summed E-state index contributed by atoms with van der Waals surface area (Å²) in [5, 5.41) is 7.77. The van der Waals surface area contributed by atoms with Crippen LogP contribution in [-0.2, 0) is 5.41 Å². The van der Waals surface area contributed by atoms with E-state index in [0.29, 0.717) is 0 Å². The number of aromatic nitrogens is 1. The maximum absolute atomic E-state index is 5.38. The van der Waals surface area contributed by atoms with Crippen molar-refractivity contribution >= 4 is 32.3 Å². The molecule has 0 N–H and O–H groups in total. The molecule has 10 aromatic carbocycles. The summed E-state index contributed by atoms with van der Waals surface area (Å²) < 4.78 is 0. The van der Waals surface area contributed by atoms with Gasteiger partial charge in [0.15, 0.2) is 0 Å². The summed E-state index contributed by atoms with van der Waals surface area (Å²) in [4.78, 5) is 5.38. The normalized spacial score (nSPS) is 14.6. The molecule has 13 rings (SSSR count). The van der Waals surface area contributed by atoms with Gasteiger partial charge in [-0.15, -0.1) is 0 Å². The molecule has 0 fully saturated rings. The minimum atomic E-state index is -0.503. The summed E-state index contributed by atoms with van der Waals surface area (Å²) in [6.45, 7) is 0. The third-order valence-electron chi connectivity index (χ3n) is 13.4. The van der Waals surface area contributed by atoms with Gasteiger partial charge in [0.05, 0.1) is 16.8 Å². The molecule has 1 unspecified atom stereocenters. The number of hydrogen-bond donors (Lipinski definition) is 0. The number of nitrogens with zero attached hydrogens (tertiary/aromatic N) is 1. The maximum atomic E-state index is 5.38. The number of benzene rings is 10. The molecule has 1 nitrogen and oxygen atoms in total. The standard InChI is InChI=1S/C60H37N/c1-3-17-38(18-4-1)40-21-15-22-41(33-40)58-35-42(34-57(61-58)39-19-5-2-6-20-39)43-29-16-32-55-59(43)49-28-12-14-31-54(49)60(55)53-30-13-11-27-48(53)52-36-50-46-25-9-7-23-44(46)45-24-8-10-26-47(45)51(50)37-56(52)60/h1-37H. The fraction of sp³-hybridized carbons (Fsp3) is 0.0167. The van der Waals surface area contributed by atoms with E-state index in [1.54, 1.807) is 0 Å². The van der Waals surface area contributed by atoms with Crippen LogP contribution in [-0.4, -0.2) is 4.98 Å². The molecule has 2 aliphatic rings. The first-order chi connectivity index (χ1) is 30.3. The van der Waals surface area contributed by atoms with Crippen molar-refractivity contribution in [1.29, 1.82) is 0 Å². The molecule has 1 aromatic heterocycles. The van der Waals surface area contributed by atoms with Crippen molar-refractivity contribution in [3.63, 3.8) is 0 Å². The van der Waals surface area contributed by atoms with Crippen LogP contribution in [0, 0.1) is 0 Å². The van der Waals surface area contributed by atoms with E-state index in [-0.39, 0.29) is 0 Å². The zero-order chi connectivity index (χ0) is 40.1. The maximum Gasteiger partial charge on any atom is 0.0725 e. The summed E-state index contributed by atoms with van der Waals surface area (Å²) in [5.74, 6) is 0. The van der Waals surface area contributed by atoms with Gasteiger partial charge in [0.2, 0.25) is 0 Å². The molecule has 1 heterocycles. The molecule has 0 radical (unpaired) electrons. The Morgan fingerprint density at radius 3 is 1.43 bits per heavy atom. The van der Waals surface area contributed by atoms with E-state index in [0.717, 1.165) is 28.1 Å². The van der Waals surface area contributed by atoms with Crippen LogP contribution >= 0.6 is 0 Å². The van der Waals surface area contributed by atoms with E-state index in [1.165, 1.54) is 93.5 Å². The van der Waals surface area contributed by atoms with Crippen LogP contribution in [0.15, 0.2) is 224 Å². The van der Waals surface area contributed by atoms with E-state index in [9.17, 15) is 0 Å². The van der Waals surface area contributed by atoms with Crippen LogP contribution in [0.2, 0.25) is 0 Å². The molecule has 0 saturated carbocycles. The van der Waals surface area contributed by atoms with Crippen molar-refractivity contribution in [2.24, 2.45) is 0 Å². The van der Waals surface area contributed by atoms with Crippen LogP contribution in [0.4, 0.5) is 0 Å². The first-order valence-electron chi connectivity index (χ1n) is 21.2. The highest BCUT2D eigenvalue weighted by atomic mass is 14.7. The fourth-order valence-electron chi connectivity index (χ4n) is 10.9. The van der Waals surface area contributed by atoms with Crippen molar-refractivity contribution in [2.75, 3.05) is 0 Å². The van der Waals surface area contributed by atoms with E-state index in [2.05, 4.69) is 224 Å². The summed E-state index contributed by atoms with van der Waals surface area (Å²) in [5.41, 5.74) is 18.9. The predicted molar refractivity (Wildman–Crippen MR) is 255 cm³/mol. The second-order valence-corrected chi connectivity index (χ2v) is 16.5. The van der Waals surface area contributed by atoms with Crippen molar-refractivity contribution in [3.8, 4) is 67.0 Å². The third kappa shape index (κ3) is 4.86. The highest BCUT2D eigenvalue weighted by molar-refractivity contribution is 6.26. The van der Waals surface area contributed by atoms with Crippen molar-refractivity contribution in [2.45, 2.75) is 5.41 Å². The van der Waals surface area contributed by atoms with Gasteiger partial charge in [-0.2, -0.15) is 0 Å². The molecular weight excluding hydrogens is 735 g/mol. The minimum absolute atomic E-state index is 0.503. The van der Waals surface area contributed by atoms with Crippen molar-refractivity contribution in [3.05, 3.63) is 247 Å². The van der Waals surface area contributed by atoms with Gasteiger partial charge >= 0.3 is 0 Å². The molecule has 1 spiro atoms. The first-order valence-corrected chi connectivity index (χ1v) is 21.2. The SMILES string of the molecule is c1ccc(-c2cccc(-c3cc(-c4cccc5c4-c4ccccc4C54c5ccccc5-c5cc6c7ccccc7c7ccccc7c6cc54)cc(-c4ccccc4)n3)c2)cc1. The van der Waals surface area contributed by atoms with Crippen LogP contribution in [0.1, 0.15) is 22.3 Å². The minimum Gasteiger partial charge on any atom is -0.248 e. The van der Waals surface area contributed by atoms with Crippen LogP contribution in [0.5, 0.6) is 0 Å². The van der Waals surface area contributed by atoms with Gasteiger partial charge in [-0.1, -0.05) is 194 Å². The van der Waals surface area contributed by atoms with Gasteiger partial charge in [-0.3, -0.25) is 0 Å². The lowest BCUT2D eigenvalue weighted by Gasteiger charge is -2.31. The highest BCUT2D eigenvalue weighted by Crippen LogP contribution is 2.64. The average Bonchev–Trinajstić information content (AvgIpc) is 3.81. The highest BCUT2D eigenvalue weighted by Gasteiger charge is 2.52. The van der Waals surface area contributed by atoms with Gasteiger partial charge in [0, 0.05) is 11.1 Å². The Hall–Kier alpha value is -7.87. The van der Waals surface area contributed by atoms with Crippen LogP contribution < -0.4 is 0 Å². The number of fused-ring (bicyclic) bond motifs is 16. The Bertz CT molecular complexity index is 3580. The predicted octanol–water partition coefficient (Wildman–Crippen LogP) is 15.6. The third-order valence-corrected chi connectivity index (χ3v) is 13.4. The Balaban J connectivity index is 1.10. The van der Waals surface area contributed by atoms with Gasteiger partial charge in [0.1, 0.15) is 0 Å². The first kappa shape index (κ1) is 34.0. The summed E-state index contributed by atoms with van der Waals surface area (Å²) >= 11 is 0. The zero-order valence-electron chi connectivity index (χ0n) is 33.3. The van der Waals surface area contributed by atoms with Gasteiger partial charge in [-0.25, -0.2) is 4.98 Å². The molecule has 282 valence electrons. The summed E-state index contributed by atoms with van der Waals surface area (Å²) in [6.07, 6.45) is 0. The Labute approximate surface area is 354 Å². The second-order valence-electron chi connectivity index (χ2n) is 16.5. The Kier molecular flexibility index (Phi) is 7.29. The largest absolute Gasteiger partial charge is 0.248 e. The molecule has 61 heavy (non-hydrogen) atoms. The van der Waals surface area contributed by atoms with Crippen molar-refractivity contribution < 1.29 is 0 Å². The number of hydrogen-bond acceptors (Lipinski definition) is 1. The quantitative estimate of drug-likeness (QED) is 0.162. The topological polar surface area (TPSA) is 12.9 Å². The fourth-order valence-corrected chi connectivity index (χ4v) is 10.9. The molecule has 1 heteroatoms. The van der Waals surface area contributed by atoms with E-state index < -0.39 is 5.41 Å². The molecule has 0 bridgehead atoms. The lowest BCUT2D eigenvalue weighted by molar-refractivity contribution is 0.795. The lowest BCUT2D eigenvalue weighted by atomic mass is 9.70. The molecule has 0 amide bonds. The van der Waals surface area contributed by atoms with Crippen LogP contribution in [0.3, 0.4) is 0 Å². The van der Waals surface area contributed by atoms with Gasteiger partial charge < -0.3 is 0 Å². The molecule has 1 atom stereocenters. The van der Waals surface area contributed by atoms with Crippen LogP contribution in [0.25, 0.3) is 99.3 Å². The zero-order valence-corrected chi connectivity index (χ0v) is 33.3. The van der Waals surface area contributed by atoms with E-state index >= 15 is 0 Å². The van der Waals surface area contributed by atoms with E-state index in [1.807, 2.05) is 0 Å². The Morgan fingerprint density at radius 1 is 0.246 bits per heavy atom. The monoisotopic (exact) mass is 771 g/mol. The molecule has 0 saturated heterocycles. The lowest BCUT2D eigenvalue weighted by Crippen LogP contribution is -2.25. The van der Waals surface area contributed by atoms with Gasteiger partial charge in [0.25, 0.3) is 0 Å². The molecule has 0 aliphatic heterocycles. The van der Waals surface area contributed by atoms with Crippen molar-refractivity contribution in [1.82, 2.24) is 4.98 Å². The van der Waals surface area contributed by atoms with E-state index in [4.69, 9.17) is 4.98 Å². The summed E-state index contributed by atoms with van der Waals surface area (Å²) in [6, 6.07) is 82.9. The molecule has 11 aromatic rings.